The number of aromatic hydroxyl groups is 1. The maximum Gasteiger partial charge on any atom is 0.312 e. The summed E-state index contributed by atoms with van der Waals surface area (Å²) in [7, 11) is 1.32. The van der Waals surface area contributed by atoms with Crippen molar-refractivity contribution in [2.24, 2.45) is 5.92 Å². The molecule has 20 heavy (non-hydrogen) atoms. The van der Waals surface area contributed by atoms with Crippen LogP contribution in [0.1, 0.15) is 31.7 Å². The minimum absolute atomic E-state index is 0.00469. The fourth-order valence-corrected chi connectivity index (χ4v) is 2.64. The number of methoxy groups -OCH3 is 1. The lowest BCUT2D eigenvalue weighted by molar-refractivity contribution is -0.158. The van der Waals surface area contributed by atoms with Crippen molar-refractivity contribution >= 4 is 5.97 Å². The summed E-state index contributed by atoms with van der Waals surface area (Å²) in [5.41, 5.74) is -0.868. The molecule has 1 aromatic rings. The molecule has 1 aliphatic rings. The van der Waals surface area contributed by atoms with Crippen molar-refractivity contribution in [3.05, 3.63) is 23.8 Å². The van der Waals surface area contributed by atoms with Gasteiger partial charge in [0.15, 0.2) is 0 Å². The molecule has 0 fully saturated rings. The summed E-state index contributed by atoms with van der Waals surface area (Å²) in [6.45, 7) is 2.02. The van der Waals surface area contributed by atoms with Crippen LogP contribution in [0.3, 0.4) is 0 Å². The highest BCUT2D eigenvalue weighted by Gasteiger charge is 2.49. The van der Waals surface area contributed by atoms with Crippen LogP contribution in [0, 0.1) is 5.92 Å². The zero-order chi connectivity index (χ0) is 14.8. The minimum atomic E-state index is -1.40. The molecule has 5 nitrogen and oxygen atoms in total. The van der Waals surface area contributed by atoms with Gasteiger partial charge in [0.05, 0.1) is 13.0 Å². The Morgan fingerprint density at radius 2 is 2.30 bits per heavy atom. The molecule has 0 aromatic heterocycles. The van der Waals surface area contributed by atoms with Crippen molar-refractivity contribution in [1.82, 2.24) is 0 Å². The third kappa shape index (κ3) is 2.45. The number of benzene rings is 1. The highest BCUT2D eigenvalue weighted by atomic mass is 16.5. The number of ether oxygens (including phenoxy) is 2. The van der Waals surface area contributed by atoms with E-state index in [2.05, 4.69) is 0 Å². The van der Waals surface area contributed by atoms with Crippen LogP contribution in [0.5, 0.6) is 11.5 Å². The zero-order valence-corrected chi connectivity index (χ0v) is 11.8. The molecule has 2 rings (SSSR count). The van der Waals surface area contributed by atoms with E-state index in [1.54, 1.807) is 6.07 Å². The van der Waals surface area contributed by atoms with E-state index in [1.165, 1.54) is 19.2 Å². The van der Waals surface area contributed by atoms with Crippen LogP contribution in [0.15, 0.2) is 18.2 Å². The highest BCUT2D eigenvalue weighted by molar-refractivity contribution is 5.75. The largest absolute Gasteiger partial charge is 0.508 e. The van der Waals surface area contributed by atoms with Gasteiger partial charge in [-0.15, -0.1) is 0 Å². The summed E-state index contributed by atoms with van der Waals surface area (Å²) in [4.78, 5) is 12.0. The molecule has 2 unspecified atom stereocenters. The quantitative estimate of drug-likeness (QED) is 0.806. The molecule has 0 amide bonds. The molecule has 2 atom stereocenters. The smallest absolute Gasteiger partial charge is 0.312 e. The lowest BCUT2D eigenvalue weighted by Gasteiger charge is -2.29. The van der Waals surface area contributed by atoms with Crippen LogP contribution >= 0.6 is 0 Å². The number of rotatable bonds is 5. The second-order valence-electron chi connectivity index (χ2n) is 5.11. The van der Waals surface area contributed by atoms with Crippen LogP contribution in [-0.2, 0) is 15.1 Å². The highest BCUT2D eigenvalue weighted by Crippen LogP contribution is 2.45. The normalized spacial score (nSPS) is 21.9. The molecule has 1 heterocycles. The molecule has 110 valence electrons. The average Bonchev–Trinajstić information content (AvgIpc) is 2.76. The van der Waals surface area contributed by atoms with Gasteiger partial charge in [0, 0.05) is 11.6 Å². The molecule has 0 aliphatic carbocycles. The van der Waals surface area contributed by atoms with E-state index >= 15 is 0 Å². The number of fused-ring (bicyclic) bond motifs is 1. The number of hydrogen-bond acceptors (Lipinski definition) is 5. The van der Waals surface area contributed by atoms with Gasteiger partial charge in [-0.05, 0) is 18.6 Å². The summed E-state index contributed by atoms with van der Waals surface area (Å²) < 4.78 is 10.3. The summed E-state index contributed by atoms with van der Waals surface area (Å²) >= 11 is 0. The van der Waals surface area contributed by atoms with Crippen molar-refractivity contribution in [3.63, 3.8) is 0 Å². The predicted molar refractivity (Wildman–Crippen MR) is 72.5 cm³/mol. The lowest BCUT2D eigenvalue weighted by atomic mass is 9.80. The van der Waals surface area contributed by atoms with Crippen molar-refractivity contribution in [2.75, 3.05) is 13.7 Å². The van der Waals surface area contributed by atoms with Gasteiger partial charge in [0.1, 0.15) is 23.7 Å². The lowest BCUT2D eigenvalue weighted by Crippen LogP contribution is -2.42. The molecular weight excluding hydrogens is 260 g/mol. The number of phenols is 1. The molecule has 2 N–H and O–H groups in total. The van der Waals surface area contributed by atoms with Gasteiger partial charge in [-0.3, -0.25) is 4.79 Å². The molecular formula is C15H20O5. The third-order valence-electron chi connectivity index (χ3n) is 3.79. The maximum atomic E-state index is 12.0. The molecule has 0 saturated carbocycles. The SMILES string of the molecule is CCCCC(C(=O)OC)C1(O)COc2cc(O)ccc21. The number of unbranched alkanes of at least 4 members (excludes halogenated alkanes) is 1. The monoisotopic (exact) mass is 280 g/mol. The minimum Gasteiger partial charge on any atom is -0.508 e. The van der Waals surface area contributed by atoms with E-state index in [9.17, 15) is 15.0 Å². The fourth-order valence-electron chi connectivity index (χ4n) is 2.64. The van der Waals surface area contributed by atoms with Gasteiger partial charge in [-0.25, -0.2) is 0 Å². The Bertz CT molecular complexity index is 499. The molecule has 5 heteroatoms. The van der Waals surface area contributed by atoms with E-state index in [0.29, 0.717) is 17.7 Å². The Balaban J connectivity index is 2.36. The van der Waals surface area contributed by atoms with E-state index in [4.69, 9.17) is 9.47 Å². The van der Waals surface area contributed by atoms with E-state index < -0.39 is 17.5 Å². The van der Waals surface area contributed by atoms with Gasteiger partial charge in [-0.1, -0.05) is 19.8 Å². The van der Waals surface area contributed by atoms with Crippen molar-refractivity contribution < 1.29 is 24.5 Å². The summed E-state index contributed by atoms with van der Waals surface area (Å²) in [6, 6.07) is 4.52. The van der Waals surface area contributed by atoms with E-state index in [-0.39, 0.29) is 12.4 Å². The zero-order valence-electron chi connectivity index (χ0n) is 11.8. The second kappa shape index (κ2) is 5.71. The van der Waals surface area contributed by atoms with Gasteiger partial charge in [-0.2, -0.15) is 0 Å². The number of carbonyl (C=O) groups is 1. The number of esters is 1. The molecule has 0 saturated heterocycles. The van der Waals surface area contributed by atoms with Crippen LogP contribution in [-0.4, -0.2) is 29.9 Å². The maximum absolute atomic E-state index is 12.0. The molecule has 1 aromatic carbocycles. The molecule has 0 spiro atoms. The molecule has 0 radical (unpaired) electrons. The van der Waals surface area contributed by atoms with Gasteiger partial charge in [0.25, 0.3) is 0 Å². The number of carbonyl (C=O) groups excluding carboxylic acids is 1. The first-order chi connectivity index (χ1) is 9.52. The second-order valence-corrected chi connectivity index (χ2v) is 5.11. The van der Waals surface area contributed by atoms with Crippen molar-refractivity contribution in [3.8, 4) is 11.5 Å². The Labute approximate surface area is 118 Å². The average molecular weight is 280 g/mol. The van der Waals surface area contributed by atoms with Crippen LogP contribution in [0.4, 0.5) is 0 Å². The van der Waals surface area contributed by atoms with Crippen LogP contribution in [0.2, 0.25) is 0 Å². The fraction of sp³-hybridized carbons (Fsp3) is 0.533. The topological polar surface area (TPSA) is 76.0 Å². The first kappa shape index (κ1) is 14.7. The van der Waals surface area contributed by atoms with Crippen LogP contribution in [0.25, 0.3) is 0 Å². The summed E-state index contributed by atoms with van der Waals surface area (Å²) in [6.07, 6.45) is 2.27. The van der Waals surface area contributed by atoms with Crippen LogP contribution < -0.4 is 4.74 Å². The molecule has 0 bridgehead atoms. The standard InChI is InChI=1S/C15H20O5/c1-3-4-5-12(14(17)19-2)15(18)9-20-13-8-10(16)6-7-11(13)15/h6-8,12,16,18H,3-5,9H2,1-2H3. The van der Waals surface area contributed by atoms with E-state index in [0.717, 1.165) is 12.8 Å². The first-order valence-electron chi connectivity index (χ1n) is 6.79. The van der Waals surface area contributed by atoms with Gasteiger partial charge >= 0.3 is 5.97 Å². The Kier molecular flexibility index (Phi) is 4.18. The Morgan fingerprint density at radius 1 is 1.55 bits per heavy atom. The number of aliphatic hydroxyl groups is 1. The van der Waals surface area contributed by atoms with E-state index in [1.807, 2.05) is 6.92 Å². The first-order valence-corrected chi connectivity index (χ1v) is 6.79. The predicted octanol–water partition coefficient (Wildman–Crippen LogP) is 1.95. The van der Waals surface area contributed by atoms with Crippen molar-refractivity contribution in [1.29, 1.82) is 0 Å². The third-order valence-corrected chi connectivity index (χ3v) is 3.79. The number of hydrogen-bond donors (Lipinski definition) is 2. The molecule has 1 aliphatic heterocycles. The Hall–Kier alpha value is -1.75. The Morgan fingerprint density at radius 3 is 2.95 bits per heavy atom. The number of phenolic OH excluding ortho intramolecular Hbond substituents is 1. The van der Waals surface area contributed by atoms with Crippen molar-refractivity contribution in [2.45, 2.75) is 31.8 Å². The summed E-state index contributed by atoms with van der Waals surface area (Å²) in [5.74, 6) is -0.627. The van der Waals surface area contributed by atoms with Gasteiger partial charge < -0.3 is 19.7 Å². The van der Waals surface area contributed by atoms with Gasteiger partial charge in [0.2, 0.25) is 0 Å². The summed E-state index contributed by atoms with van der Waals surface area (Å²) in [5, 5.41) is 20.4.